The van der Waals surface area contributed by atoms with E-state index in [1.807, 2.05) is 24.3 Å². The number of ether oxygens (including phenoxy) is 1. The third kappa shape index (κ3) is 4.47. The number of rotatable bonds is 5. The van der Waals surface area contributed by atoms with Crippen LogP contribution >= 0.6 is 0 Å². The molecule has 1 unspecified atom stereocenters. The third-order valence-electron chi connectivity index (χ3n) is 4.85. The lowest BCUT2D eigenvalue weighted by Gasteiger charge is -2.44. The van der Waals surface area contributed by atoms with Crippen LogP contribution in [0.4, 0.5) is 0 Å². The molecule has 0 radical (unpaired) electrons. The maximum atomic E-state index is 12.4. The van der Waals surface area contributed by atoms with Gasteiger partial charge in [0, 0.05) is 32.2 Å². The van der Waals surface area contributed by atoms with Gasteiger partial charge in [0.25, 0.3) is 0 Å². The van der Waals surface area contributed by atoms with Crippen molar-refractivity contribution < 1.29 is 9.53 Å². The summed E-state index contributed by atoms with van der Waals surface area (Å²) in [6, 6.07) is 20.8. The van der Waals surface area contributed by atoms with Gasteiger partial charge in [-0.1, -0.05) is 60.7 Å². The molecular weight excluding hydrogens is 312 g/mol. The van der Waals surface area contributed by atoms with Gasteiger partial charge in [0.05, 0.1) is 7.11 Å². The zero-order chi connectivity index (χ0) is 17.6. The summed E-state index contributed by atoms with van der Waals surface area (Å²) >= 11 is 0. The predicted molar refractivity (Wildman–Crippen MR) is 99.0 cm³/mol. The standard InChI is InChI=1S/C21H26N2O2/c1-17-13-22(14-18-9-5-3-6-10-18)16-20(21(24)25-2)23(17)15-19-11-7-4-8-12-19/h3-12,17,20H,13-16H2,1-2H3/t17-,20?/m0/s1. The second-order valence-corrected chi connectivity index (χ2v) is 6.73. The SMILES string of the molecule is COC(=O)C1CN(Cc2ccccc2)C[C@H](C)N1Cc1ccccc1. The molecule has 0 saturated carbocycles. The van der Waals surface area contributed by atoms with Crippen LogP contribution in [0.5, 0.6) is 0 Å². The summed E-state index contributed by atoms with van der Waals surface area (Å²) in [4.78, 5) is 17.0. The highest BCUT2D eigenvalue weighted by molar-refractivity contribution is 5.76. The van der Waals surface area contributed by atoms with E-state index in [1.54, 1.807) is 0 Å². The first-order chi connectivity index (χ1) is 12.2. The molecule has 1 heterocycles. The largest absolute Gasteiger partial charge is 0.468 e. The van der Waals surface area contributed by atoms with Crippen LogP contribution < -0.4 is 0 Å². The average Bonchev–Trinajstić information content (AvgIpc) is 2.65. The molecule has 0 spiro atoms. The summed E-state index contributed by atoms with van der Waals surface area (Å²) in [7, 11) is 1.48. The Morgan fingerprint density at radius 1 is 0.960 bits per heavy atom. The molecule has 1 aliphatic rings. The van der Waals surface area contributed by atoms with Gasteiger partial charge in [0.15, 0.2) is 0 Å². The van der Waals surface area contributed by atoms with Crippen LogP contribution in [0.2, 0.25) is 0 Å². The molecule has 1 aliphatic heterocycles. The Kier molecular flexibility index (Phi) is 5.84. The van der Waals surface area contributed by atoms with Crippen LogP contribution in [0.1, 0.15) is 18.1 Å². The first-order valence-corrected chi connectivity index (χ1v) is 8.81. The number of hydrogen-bond donors (Lipinski definition) is 0. The van der Waals surface area contributed by atoms with Crippen molar-refractivity contribution in [1.29, 1.82) is 0 Å². The summed E-state index contributed by atoms with van der Waals surface area (Å²) in [5.74, 6) is -0.152. The number of carbonyl (C=O) groups is 1. The first-order valence-electron chi connectivity index (χ1n) is 8.81. The lowest BCUT2D eigenvalue weighted by Crippen LogP contribution is -2.59. The lowest BCUT2D eigenvalue weighted by molar-refractivity contribution is -0.152. The molecule has 132 valence electrons. The molecular formula is C21H26N2O2. The van der Waals surface area contributed by atoms with Crippen LogP contribution in [0, 0.1) is 0 Å². The molecule has 4 nitrogen and oxygen atoms in total. The molecule has 25 heavy (non-hydrogen) atoms. The summed E-state index contributed by atoms with van der Waals surface area (Å²) in [6.45, 7) is 5.45. The van der Waals surface area contributed by atoms with E-state index in [2.05, 4.69) is 53.1 Å². The fourth-order valence-electron chi connectivity index (χ4n) is 3.59. The second-order valence-electron chi connectivity index (χ2n) is 6.73. The van der Waals surface area contributed by atoms with Crippen LogP contribution in [0.15, 0.2) is 60.7 Å². The van der Waals surface area contributed by atoms with Crippen LogP contribution in [-0.4, -0.2) is 48.1 Å². The highest BCUT2D eigenvalue weighted by Gasteiger charge is 2.37. The molecule has 2 aromatic rings. The van der Waals surface area contributed by atoms with Crippen LogP contribution in [0.25, 0.3) is 0 Å². The number of hydrogen-bond acceptors (Lipinski definition) is 4. The highest BCUT2D eigenvalue weighted by atomic mass is 16.5. The maximum absolute atomic E-state index is 12.4. The molecule has 2 atom stereocenters. The summed E-state index contributed by atoms with van der Waals surface area (Å²) in [5.41, 5.74) is 2.49. The summed E-state index contributed by atoms with van der Waals surface area (Å²) < 4.78 is 5.10. The second kappa shape index (κ2) is 8.28. The fourth-order valence-corrected chi connectivity index (χ4v) is 3.59. The Bertz CT molecular complexity index is 675. The van der Waals surface area contributed by atoms with Crippen LogP contribution in [-0.2, 0) is 22.6 Å². The van der Waals surface area contributed by atoms with Crippen molar-refractivity contribution in [2.45, 2.75) is 32.1 Å². The quantitative estimate of drug-likeness (QED) is 0.785. The van der Waals surface area contributed by atoms with Gasteiger partial charge in [-0.05, 0) is 18.1 Å². The number of methoxy groups -OCH3 is 1. The monoisotopic (exact) mass is 338 g/mol. The molecule has 0 bridgehead atoms. The van der Waals surface area contributed by atoms with Gasteiger partial charge in [-0.2, -0.15) is 0 Å². The minimum Gasteiger partial charge on any atom is -0.468 e. The molecule has 0 aromatic heterocycles. The van der Waals surface area contributed by atoms with Gasteiger partial charge >= 0.3 is 5.97 Å². The molecule has 4 heteroatoms. The van der Waals surface area contributed by atoms with Gasteiger partial charge in [0.2, 0.25) is 0 Å². The average molecular weight is 338 g/mol. The van der Waals surface area contributed by atoms with E-state index in [4.69, 9.17) is 4.74 Å². The predicted octanol–water partition coefficient (Wildman–Crippen LogP) is 2.93. The van der Waals surface area contributed by atoms with Crippen LogP contribution in [0.3, 0.4) is 0 Å². The first kappa shape index (κ1) is 17.6. The van der Waals surface area contributed by atoms with E-state index in [0.29, 0.717) is 6.54 Å². The normalized spacial score (nSPS) is 21.8. The number of piperazine rings is 1. The molecule has 2 aromatic carbocycles. The summed E-state index contributed by atoms with van der Waals surface area (Å²) in [6.07, 6.45) is 0. The topological polar surface area (TPSA) is 32.8 Å². The number of nitrogens with zero attached hydrogens (tertiary/aromatic N) is 2. The Morgan fingerprint density at radius 2 is 1.52 bits per heavy atom. The van der Waals surface area contributed by atoms with Crippen molar-refractivity contribution in [2.75, 3.05) is 20.2 Å². The minimum atomic E-state index is -0.238. The van der Waals surface area contributed by atoms with E-state index in [0.717, 1.165) is 19.6 Å². The molecule has 3 rings (SSSR count). The van der Waals surface area contributed by atoms with Gasteiger partial charge in [-0.25, -0.2) is 0 Å². The third-order valence-corrected chi connectivity index (χ3v) is 4.85. The molecule has 1 saturated heterocycles. The fraction of sp³-hybridized carbons (Fsp3) is 0.381. The Hall–Kier alpha value is -2.17. The van der Waals surface area contributed by atoms with Crippen molar-refractivity contribution in [3.63, 3.8) is 0 Å². The number of carbonyl (C=O) groups excluding carboxylic acids is 1. The van der Waals surface area contributed by atoms with E-state index in [9.17, 15) is 4.79 Å². The Balaban J connectivity index is 1.74. The molecule has 0 aliphatic carbocycles. The van der Waals surface area contributed by atoms with E-state index < -0.39 is 0 Å². The number of esters is 1. The number of benzene rings is 2. The molecule has 1 fully saturated rings. The molecule has 0 N–H and O–H groups in total. The summed E-state index contributed by atoms with van der Waals surface area (Å²) in [5, 5.41) is 0. The van der Waals surface area contributed by atoms with Crippen molar-refractivity contribution in [2.24, 2.45) is 0 Å². The Labute approximate surface area is 150 Å². The lowest BCUT2D eigenvalue weighted by atomic mass is 10.0. The van der Waals surface area contributed by atoms with Crippen molar-refractivity contribution in [3.05, 3.63) is 71.8 Å². The van der Waals surface area contributed by atoms with E-state index >= 15 is 0 Å². The zero-order valence-corrected chi connectivity index (χ0v) is 15.0. The maximum Gasteiger partial charge on any atom is 0.324 e. The van der Waals surface area contributed by atoms with Gasteiger partial charge in [-0.3, -0.25) is 14.6 Å². The van der Waals surface area contributed by atoms with Gasteiger partial charge < -0.3 is 4.74 Å². The minimum absolute atomic E-state index is 0.152. The zero-order valence-electron chi connectivity index (χ0n) is 15.0. The van der Waals surface area contributed by atoms with Crippen molar-refractivity contribution in [3.8, 4) is 0 Å². The van der Waals surface area contributed by atoms with E-state index in [1.165, 1.54) is 18.2 Å². The highest BCUT2D eigenvalue weighted by Crippen LogP contribution is 2.21. The van der Waals surface area contributed by atoms with E-state index in [-0.39, 0.29) is 18.1 Å². The van der Waals surface area contributed by atoms with Gasteiger partial charge in [-0.15, -0.1) is 0 Å². The van der Waals surface area contributed by atoms with Crippen molar-refractivity contribution in [1.82, 2.24) is 9.80 Å². The van der Waals surface area contributed by atoms with Gasteiger partial charge in [0.1, 0.15) is 6.04 Å². The van der Waals surface area contributed by atoms with Crippen molar-refractivity contribution >= 4 is 5.97 Å². The Morgan fingerprint density at radius 3 is 2.08 bits per heavy atom. The smallest absolute Gasteiger partial charge is 0.324 e. The molecule has 0 amide bonds.